The number of aromatic nitrogens is 2. The van der Waals surface area contributed by atoms with Crippen molar-refractivity contribution < 1.29 is 70.8 Å². The predicted molar refractivity (Wildman–Crippen MR) is 141 cm³/mol. The van der Waals surface area contributed by atoms with Gasteiger partial charge in [-0.2, -0.15) is 0 Å². The fraction of sp³-hybridized carbons (Fsp3) is 0.739. The minimum absolute atomic E-state index is 0.0828. The maximum atomic E-state index is 16.2. The summed E-state index contributed by atoms with van der Waals surface area (Å²) in [6.07, 6.45) is -7.19. The number of carbonyl (C=O) groups excluding carboxylic acids is 2. The largest absolute Gasteiger partial charge is 0.510 e. The number of ether oxygens (including phenoxy) is 6. The van der Waals surface area contributed by atoms with E-state index in [4.69, 9.17) is 38.3 Å². The normalized spacial score (nSPS) is 30.6. The summed E-state index contributed by atoms with van der Waals surface area (Å²) < 4.78 is 75.4. The van der Waals surface area contributed by atoms with Crippen LogP contribution in [0, 0.1) is 0 Å². The average Bonchev–Trinajstić information content (AvgIpc) is 3.14. The number of aliphatic hydroxyl groups is 2. The number of carbonyl (C=O) groups is 2. The third kappa shape index (κ3) is 6.20. The first-order valence-electron chi connectivity index (χ1n) is 13.3. The van der Waals surface area contributed by atoms with Gasteiger partial charge in [-0.05, 0) is 41.5 Å². The Balaban J connectivity index is 1.51. The number of imidazole rings is 1. The molecule has 0 amide bonds. The van der Waals surface area contributed by atoms with Crippen LogP contribution in [-0.2, 0) is 46.6 Å². The molecule has 3 aliphatic rings. The van der Waals surface area contributed by atoms with E-state index in [9.17, 15) is 24.4 Å². The molecular weight excluding hydrogens is 620 g/mol. The van der Waals surface area contributed by atoms with Crippen LogP contribution in [0.3, 0.4) is 0 Å². The molecule has 2 fully saturated rings. The second-order valence-corrected chi connectivity index (χ2v) is 12.0. The first-order chi connectivity index (χ1) is 20.5. The molecule has 1 aliphatic carbocycles. The van der Waals surface area contributed by atoms with Gasteiger partial charge in [0.1, 0.15) is 11.4 Å². The van der Waals surface area contributed by atoms with E-state index in [1.165, 1.54) is 38.6 Å². The van der Waals surface area contributed by atoms with Crippen LogP contribution in [0.5, 0.6) is 0 Å². The summed E-state index contributed by atoms with van der Waals surface area (Å²) >= 11 is 0. The van der Waals surface area contributed by atoms with E-state index in [1.54, 1.807) is 6.92 Å². The number of aliphatic imine (C=N–C) groups is 1. The quantitative estimate of drug-likeness (QED) is 0.142. The number of rotatable bonds is 12. The molecule has 1 saturated carbocycles. The summed E-state index contributed by atoms with van der Waals surface area (Å²) in [5, 5.41) is 25.5. The van der Waals surface area contributed by atoms with Crippen molar-refractivity contribution in [2.24, 2.45) is 10.7 Å². The molecule has 248 valence electrons. The fourth-order valence-electron chi connectivity index (χ4n) is 4.47. The van der Waals surface area contributed by atoms with Crippen molar-refractivity contribution in [3.05, 3.63) is 12.0 Å². The number of fused-ring (bicyclic) bond motifs is 2. The van der Waals surface area contributed by atoms with Crippen molar-refractivity contribution in [2.75, 3.05) is 25.5 Å². The third-order valence-electron chi connectivity index (χ3n) is 6.43. The second kappa shape index (κ2) is 12.4. The number of anilines is 1. The maximum Gasteiger partial charge on any atom is 0.510 e. The topological polar surface area (TPSA) is 243 Å². The van der Waals surface area contributed by atoms with Crippen molar-refractivity contribution >= 4 is 31.8 Å². The van der Waals surface area contributed by atoms with Crippen molar-refractivity contribution in [3.63, 3.8) is 0 Å². The Morgan fingerprint density at radius 3 is 2.20 bits per heavy atom. The highest BCUT2D eigenvalue weighted by Gasteiger charge is 2.95. The molecule has 1 aromatic rings. The summed E-state index contributed by atoms with van der Waals surface area (Å²) in [5.41, 5.74) is 0.723. The van der Waals surface area contributed by atoms with Gasteiger partial charge < -0.3 is 44.0 Å². The zero-order valence-corrected chi connectivity index (χ0v) is 25.5. The van der Waals surface area contributed by atoms with Gasteiger partial charge in [-0.15, -0.1) is 0 Å². The zero-order valence-electron chi connectivity index (χ0n) is 24.6. The Labute approximate surface area is 250 Å². The van der Waals surface area contributed by atoms with Crippen LogP contribution in [-0.4, -0.2) is 99.8 Å². The van der Waals surface area contributed by atoms with Gasteiger partial charge >= 0.3 is 20.1 Å². The van der Waals surface area contributed by atoms with E-state index in [-0.39, 0.29) is 24.0 Å². The van der Waals surface area contributed by atoms with Gasteiger partial charge in [0.15, 0.2) is 29.9 Å². The standard InChI is InChI=1S/C23H35FN5O14P/c1-7-35-15-13-14(27-18(25)28-15)29(8-26-13)17-21(6,32)22(33)16(23(22,24)42-17)43-44(34,38-9-36-19(30)40-11(2)3)39-10-37-20(31)41-12(4)5/h8,11-12,16-18,27,32-33H,7,9-10,25H2,1-6H3/t16?,17-,18?,21+,22+,23-/m1/s1. The van der Waals surface area contributed by atoms with Gasteiger partial charge in [-0.3, -0.25) is 14.8 Å². The minimum Gasteiger partial charge on any atom is -0.476 e. The number of nitrogens with two attached hydrogens (primary N) is 1. The first-order valence-corrected chi connectivity index (χ1v) is 14.8. The number of halogens is 1. The molecule has 3 heterocycles. The molecule has 0 bridgehead atoms. The number of nitrogens with zero attached hydrogens (tertiary/aromatic N) is 3. The molecule has 21 heteroatoms. The predicted octanol–water partition coefficient (Wildman–Crippen LogP) is 1.59. The lowest BCUT2D eigenvalue weighted by Gasteiger charge is -2.34. The van der Waals surface area contributed by atoms with Crippen molar-refractivity contribution in [3.8, 4) is 0 Å². The molecule has 2 aliphatic heterocycles. The number of nitrogens with one attached hydrogen (secondary N) is 1. The highest BCUT2D eigenvalue weighted by Crippen LogP contribution is 2.72. The van der Waals surface area contributed by atoms with Crippen LogP contribution in [0.25, 0.3) is 0 Å². The molecule has 4 rings (SSSR count). The van der Waals surface area contributed by atoms with E-state index in [2.05, 4.69) is 24.8 Å². The van der Waals surface area contributed by atoms with Crippen LogP contribution in [0.2, 0.25) is 0 Å². The number of alkyl halides is 1. The summed E-state index contributed by atoms with van der Waals surface area (Å²) in [6, 6.07) is 0. The van der Waals surface area contributed by atoms with Gasteiger partial charge in [0.2, 0.25) is 19.5 Å². The van der Waals surface area contributed by atoms with Crippen LogP contribution in [0.4, 0.5) is 19.8 Å². The van der Waals surface area contributed by atoms with Crippen LogP contribution < -0.4 is 11.1 Å². The molecule has 0 spiro atoms. The lowest BCUT2D eigenvalue weighted by molar-refractivity contribution is -0.181. The highest BCUT2D eigenvalue weighted by atomic mass is 31.2. The van der Waals surface area contributed by atoms with Crippen molar-refractivity contribution in [2.45, 2.75) is 89.4 Å². The summed E-state index contributed by atoms with van der Waals surface area (Å²) in [5.74, 6) is -2.97. The van der Waals surface area contributed by atoms with Gasteiger partial charge in [0.05, 0.1) is 25.1 Å². The molecule has 5 N–H and O–H groups in total. The van der Waals surface area contributed by atoms with Crippen LogP contribution in [0.1, 0.15) is 53.5 Å². The summed E-state index contributed by atoms with van der Waals surface area (Å²) in [6.45, 7) is 6.94. The molecule has 1 saturated heterocycles. The van der Waals surface area contributed by atoms with E-state index >= 15 is 4.39 Å². The fourth-order valence-corrected chi connectivity index (χ4v) is 5.57. The number of phosphoric acid groups is 1. The van der Waals surface area contributed by atoms with Gasteiger partial charge in [0, 0.05) is 0 Å². The average molecular weight is 656 g/mol. The SMILES string of the molecule is CCOC1=NC(N)Nc2c1ncn2[C@@H]1O[C@]2(F)C(OP(=O)(OCOC(=O)OC(C)C)OCOC(=O)OC(C)C)[C@]2(O)[C@@]1(C)O. The number of phosphoric ester groups is 1. The Morgan fingerprint density at radius 2 is 1.73 bits per heavy atom. The first kappa shape index (κ1) is 33.8. The number of hydrogen-bond acceptors (Lipinski definition) is 18. The molecule has 1 aromatic heterocycles. The van der Waals surface area contributed by atoms with Crippen LogP contribution in [0.15, 0.2) is 11.3 Å². The Kier molecular flexibility index (Phi) is 9.49. The Hall–Kier alpha value is -3.10. The van der Waals surface area contributed by atoms with Crippen LogP contribution >= 0.6 is 7.82 Å². The molecule has 2 unspecified atom stereocenters. The molecule has 44 heavy (non-hydrogen) atoms. The van der Waals surface area contributed by atoms with E-state index in [1.807, 2.05) is 0 Å². The van der Waals surface area contributed by atoms with E-state index < -0.39 is 81.6 Å². The van der Waals surface area contributed by atoms with E-state index in [0.717, 1.165) is 6.92 Å². The molecule has 0 radical (unpaired) electrons. The molecule has 0 aromatic carbocycles. The van der Waals surface area contributed by atoms with Gasteiger partial charge in [0.25, 0.3) is 5.85 Å². The second-order valence-electron chi connectivity index (χ2n) is 10.4. The lowest BCUT2D eigenvalue weighted by Crippen LogP contribution is -2.49. The summed E-state index contributed by atoms with van der Waals surface area (Å²) in [7, 11) is -5.05. The van der Waals surface area contributed by atoms with Gasteiger partial charge in [-0.25, -0.2) is 37.6 Å². The van der Waals surface area contributed by atoms with E-state index in [0.29, 0.717) is 0 Å². The lowest BCUT2D eigenvalue weighted by atomic mass is 9.95. The summed E-state index contributed by atoms with van der Waals surface area (Å²) in [4.78, 5) is 31.6. The maximum absolute atomic E-state index is 16.2. The van der Waals surface area contributed by atoms with Crippen molar-refractivity contribution in [1.29, 1.82) is 0 Å². The van der Waals surface area contributed by atoms with Crippen molar-refractivity contribution in [1.82, 2.24) is 9.55 Å². The number of hydrogen-bond donors (Lipinski definition) is 4. The Morgan fingerprint density at radius 1 is 1.16 bits per heavy atom. The Bertz CT molecular complexity index is 1290. The molecular formula is C23H35FN5O14P. The third-order valence-corrected chi connectivity index (χ3v) is 7.75. The zero-order chi connectivity index (χ0) is 32.7. The highest BCUT2D eigenvalue weighted by molar-refractivity contribution is 7.48. The monoisotopic (exact) mass is 655 g/mol. The molecule has 19 nitrogen and oxygen atoms in total. The molecule has 6 atom stereocenters. The minimum atomic E-state index is -5.05. The van der Waals surface area contributed by atoms with Gasteiger partial charge in [-0.1, -0.05) is 0 Å². The smallest absolute Gasteiger partial charge is 0.476 e.